The molecule has 1 unspecified atom stereocenters. The maximum Gasteiger partial charge on any atom is 0.306 e. The number of carbonyl (C=O) groups is 1. The largest absolute Gasteiger partial charge is 0.461 e. The molecule has 1 N–H and O–H groups in total. The van der Waals surface area contributed by atoms with Gasteiger partial charge in [0.05, 0.1) is 0 Å². The highest BCUT2D eigenvalue weighted by atomic mass is 16.5. The summed E-state index contributed by atoms with van der Waals surface area (Å²) >= 11 is 0. The van der Waals surface area contributed by atoms with Crippen molar-refractivity contribution in [2.45, 2.75) is 52.6 Å². The average molecular weight is 201 g/mol. The van der Waals surface area contributed by atoms with Crippen molar-refractivity contribution < 1.29 is 9.53 Å². The number of nitrogens with one attached hydrogen (secondary N) is 1. The Morgan fingerprint density at radius 1 is 1.36 bits per heavy atom. The first-order valence-corrected chi connectivity index (χ1v) is 5.60. The summed E-state index contributed by atoms with van der Waals surface area (Å²) in [4.78, 5) is 11.2. The molecular weight excluding hydrogens is 178 g/mol. The van der Waals surface area contributed by atoms with Gasteiger partial charge in [-0.05, 0) is 26.3 Å². The molecule has 3 nitrogen and oxygen atoms in total. The zero-order valence-electron chi connectivity index (χ0n) is 9.64. The van der Waals surface area contributed by atoms with Gasteiger partial charge in [0.15, 0.2) is 0 Å². The minimum atomic E-state index is -0.0716. The van der Waals surface area contributed by atoms with Crippen LogP contribution in [-0.4, -0.2) is 25.2 Å². The summed E-state index contributed by atoms with van der Waals surface area (Å²) in [7, 11) is 0. The van der Waals surface area contributed by atoms with Gasteiger partial charge < -0.3 is 10.1 Å². The van der Waals surface area contributed by atoms with Crippen LogP contribution < -0.4 is 5.32 Å². The van der Waals surface area contributed by atoms with Gasteiger partial charge in [-0.25, -0.2) is 0 Å². The fourth-order valence-electron chi connectivity index (χ4n) is 1.13. The predicted molar refractivity (Wildman–Crippen MR) is 58.2 cm³/mol. The quantitative estimate of drug-likeness (QED) is 0.483. The second kappa shape index (κ2) is 9.00. The zero-order valence-corrected chi connectivity index (χ0v) is 9.64. The molecule has 0 aliphatic carbocycles. The molecule has 0 radical (unpaired) electrons. The molecule has 0 aromatic carbocycles. The summed E-state index contributed by atoms with van der Waals surface area (Å²) in [6.45, 7) is 7.85. The fraction of sp³-hybridized carbons (Fsp3) is 0.909. The lowest BCUT2D eigenvalue weighted by atomic mass is 10.2. The Morgan fingerprint density at radius 3 is 2.64 bits per heavy atom. The van der Waals surface area contributed by atoms with Crippen LogP contribution in [0.15, 0.2) is 0 Å². The minimum Gasteiger partial charge on any atom is -0.461 e. The maximum absolute atomic E-state index is 11.2. The Labute approximate surface area is 87.2 Å². The van der Waals surface area contributed by atoms with Gasteiger partial charge in [-0.1, -0.05) is 20.3 Å². The van der Waals surface area contributed by atoms with Gasteiger partial charge in [0.2, 0.25) is 0 Å². The van der Waals surface area contributed by atoms with Gasteiger partial charge in [-0.2, -0.15) is 0 Å². The molecule has 0 aliphatic heterocycles. The van der Waals surface area contributed by atoms with E-state index in [1.54, 1.807) is 0 Å². The lowest BCUT2D eigenvalue weighted by Crippen LogP contribution is -2.29. The third-order valence-electron chi connectivity index (χ3n) is 1.93. The van der Waals surface area contributed by atoms with Crippen LogP contribution in [0, 0.1) is 0 Å². The number of hydrogen-bond donors (Lipinski definition) is 1. The first-order valence-electron chi connectivity index (χ1n) is 5.60. The van der Waals surface area contributed by atoms with E-state index in [0.717, 1.165) is 32.4 Å². The van der Waals surface area contributed by atoms with Crippen LogP contribution in [0.3, 0.4) is 0 Å². The van der Waals surface area contributed by atoms with E-state index < -0.39 is 0 Å². The van der Waals surface area contributed by atoms with E-state index in [2.05, 4.69) is 19.2 Å². The summed E-state index contributed by atoms with van der Waals surface area (Å²) in [5.74, 6) is -0.0716. The van der Waals surface area contributed by atoms with Gasteiger partial charge in [0, 0.05) is 13.0 Å². The molecule has 0 heterocycles. The topological polar surface area (TPSA) is 38.3 Å². The number of unbranched alkanes of at least 4 members (excludes halogenated alkanes) is 1. The molecule has 0 rings (SSSR count). The van der Waals surface area contributed by atoms with Crippen molar-refractivity contribution in [1.29, 1.82) is 0 Å². The SMILES string of the molecule is CCCCC(=O)OC(C)CNCCC. The van der Waals surface area contributed by atoms with E-state index in [9.17, 15) is 4.79 Å². The molecule has 3 heteroatoms. The highest BCUT2D eigenvalue weighted by molar-refractivity contribution is 5.69. The van der Waals surface area contributed by atoms with E-state index >= 15 is 0 Å². The van der Waals surface area contributed by atoms with E-state index in [0.29, 0.717) is 6.42 Å². The Hall–Kier alpha value is -0.570. The van der Waals surface area contributed by atoms with Crippen molar-refractivity contribution in [2.75, 3.05) is 13.1 Å². The maximum atomic E-state index is 11.2. The van der Waals surface area contributed by atoms with Gasteiger partial charge in [0.25, 0.3) is 0 Å². The van der Waals surface area contributed by atoms with Crippen LogP contribution >= 0.6 is 0 Å². The molecule has 0 aromatic heterocycles. The first kappa shape index (κ1) is 13.4. The van der Waals surface area contributed by atoms with Crippen molar-refractivity contribution in [2.24, 2.45) is 0 Å². The van der Waals surface area contributed by atoms with Crippen LogP contribution in [0.4, 0.5) is 0 Å². The third kappa shape index (κ3) is 8.05. The minimum absolute atomic E-state index is 0.00842. The Morgan fingerprint density at radius 2 is 2.07 bits per heavy atom. The van der Waals surface area contributed by atoms with Crippen molar-refractivity contribution >= 4 is 5.97 Å². The number of esters is 1. The van der Waals surface area contributed by atoms with E-state index in [-0.39, 0.29) is 12.1 Å². The highest BCUT2D eigenvalue weighted by Crippen LogP contribution is 1.99. The Kier molecular flexibility index (Phi) is 8.64. The van der Waals surface area contributed by atoms with Crippen LogP contribution in [-0.2, 0) is 9.53 Å². The van der Waals surface area contributed by atoms with Crippen molar-refractivity contribution in [1.82, 2.24) is 5.32 Å². The third-order valence-corrected chi connectivity index (χ3v) is 1.93. The van der Waals surface area contributed by atoms with Crippen LogP contribution in [0.5, 0.6) is 0 Å². The number of rotatable bonds is 8. The van der Waals surface area contributed by atoms with Crippen molar-refractivity contribution in [3.05, 3.63) is 0 Å². The molecule has 1 atom stereocenters. The first-order chi connectivity index (χ1) is 6.70. The smallest absolute Gasteiger partial charge is 0.306 e. The fourth-order valence-corrected chi connectivity index (χ4v) is 1.13. The van der Waals surface area contributed by atoms with Gasteiger partial charge in [0.1, 0.15) is 6.10 Å². The monoisotopic (exact) mass is 201 g/mol. The molecular formula is C11H23NO2. The Balaban J connectivity index is 3.40. The van der Waals surface area contributed by atoms with Crippen molar-refractivity contribution in [3.63, 3.8) is 0 Å². The number of carbonyl (C=O) groups excluding carboxylic acids is 1. The van der Waals surface area contributed by atoms with Gasteiger partial charge in [-0.3, -0.25) is 4.79 Å². The van der Waals surface area contributed by atoms with Gasteiger partial charge >= 0.3 is 5.97 Å². The predicted octanol–water partition coefficient (Wildman–Crippen LogP) is 2.11. The lowest BCUT2D eigenvalue weighted by molar-refractivity contribution is -0.148. The summed E-state index contributed by atoms with van der Waals surface area (Å²) in [6, 6.07) is 0. The summed E-state index contributed by atoms with van der Waals surface area (Å²) in [5.41, 5.74) is 0. The molecule has 0 aromatic rings. The average Bonchev–Trinajstić information content (AvgIpc) is 2.15. The van der Waals surface area contributed by atoms with Crippen LogP contribution in [0.25, 0.3) is 0 Å². The summed E-state index contributed by atoms with van der Waals surface area (Å²) in [5, 5.41) is 3.22. The molecule has 14 heavy (non-hydrogen) atoms. The second-order valence-electron chi connectivity index (χ2n) is 3.61. The summed E-state index contributed by atoms with van der Waals surface area (Å²) in [6.07, 6.45) is 3.61. The normalized spacial score (nSPS) is 12.5. The van der Waals surface area contributed by atoms with E-state index in [1.165, 1.54) is 0 Å². The second-order valence-corrected chi connectivity index (χ2v) is 3.61. The number of hydrogen-bond acceptors (Lipinski definition) is 3. The Bertz CT molecular complexity index is 148. The van der Waals surface area contributed by atoms with Crippen LogP contribution in [0.2, 0.25) is 0 Å². The summed E-state index contributed by atoms with van der Waals surface area (Å²) < 4.78 is 5.20. The zero-order chi connectivity index (χ0) is 10.8. The highest BCUT2D eigenvalue weighted by Gasteiger charge is 2.07. The van der Waals surface area contributed by atoms with Crippen LogP contribution in [0.1, 0.15) is 46.5 Å². The standard InChI is InChI=1S/C11H23NO2/c1-4-6-7-11(13)14-10(3)9-12-8-5-2/h10,12H,4-9H2,1-3H3. The molecule has 0 amide bonds. The molecule has 0 aliphatic rings. The van der Waals surface area contributed by atoms with E-state index in [1.807, 2.05) is 6.92 Å². The van der Waals surface area contributed by atoms with Crippen molar-refractivity contribution in [3.8, 4) is 0 Å². The lowest BCUT2D eigenvalue weighted by Gasteiger charge is -2.13. The molecule has 84 valence electrons. The molecule has 0 saturated heterocycles. The number of ether oxygens (including phenoxy) is 1. The molecule has 0 spiro atoms. The molecule has 0 fully saturated rings. The van der Waals surface area contributed by atoms with E-state index in [4.69, 9.17) is 4.74 Å². The van der Waals surface area contributed by atoms with Gasteiger partial charge in [-0.15, -0.1) is 0 Å². The molecule has 0 saturated carbocycles. The molecule has 0 bridgehead atoms.